The summed E-state index contributed by atoms with van der Waals surface area (Å²) >= 11 is 0. The molecule has 0 aliphatic carbocycles. The van der Waals surface area contributed by atoms with E-state index in [0.29, 0.717) is 13.0 Å². The van der Waals surface area contributed by atoms with Gasteiger partial charge in [0.25, 0.3) is 0 Å². The summed E-state index contributed by atoms with van der Waals surface area (Å²) < 4.78 is 0. The fraction of sp³-hybridized carbons (Fsp3) is 0.769. The molecule has 1 aliphatic rings. The highest BCUT2D eigenvalue weighted by Crippen LogP contribution is 2.19. The summed E-state index contributed by atoms with van der Waals surface area (Å²) in [5, 5.41) is 11.7. The Bertz CT molecular complexity index is 386. The van der Waals surface area contributed by atoms with Crippen molar-refractivity contribution in [3.8, 4) is 0 Å². The highest BCUT2D eigenvalue weighted by molar-refractivity contribution is 5.83. The number of hydrogen-bond acceptors (Lipinski definition) is 3. The molecule has 0 aromatic heterocycles. The second-order valence-electron chi connectivity index (χ2n) is 5.22. The lowest BCUT2D eigenvalue weighted by Crippen LogP contribution is -2.53. The van der Waals surface area contributed by atoms with Crippen molar-refractivity contribution in [2.75, 3.05) is 27.2 Å². The van der Waals surface area contributed by atoms with Gasteiger partial charge in [-0.2, -0.15) is 0 Å². The third-order valence-electron chi connectivity index (χ3n) is 3.60. The van der Waals surface area contributed by atoms with Gasteiger partial charge in [-0.1, -0.05) is 6.92 Å². The highest BCUT2D eigenvalue weighted by atomic mass is 16.4. The fourth-order valence-electron chi connectivity index (χ4n) is 2.45. The number of likely N-dealkylation sites (tertiary alicyclic amines) is 1. The Kier molecular flexibility index (Phi) is 5.79. The van der Waals surface area contributed by atoms with Gasteiger partial charge in [0.05, 0.1) is 5.92 Å². The van der Waals surface area contributed by atoms with Crippen LogP contribution in [-0.2, 0) is 9.59 Å². The van der Waals surface area contributed by atoms with Crippen molar-refractivity contribution in [1.82, 2.24) is 15.1 Å². The van der Waals surface area contributed by atoms with Gasteiger partial charge in [0, 0.05) is 27.2 Å². The summed E-state index contributed by atoms with van der Waals surface area (Å²) in [6.45, 7) is 2.45. The molecule has 1 rings (SSSR count). The van der Waals surface area contributed by atoms with Gasteiger partial charge >= 0.3 is 12.0 Å². The maximum atomic E-state index is 12.3. The van der Waals surface area contributed by atoms with Crippen molar-refractivity contribution in [3.05, 3.63) is 0 Å². The smallest absolute Gasteiger partial charge is 0.326 e. The van der Waals surface area contributed by atoms with E-state index in [-0.39, 0.29) is 24.4 Å². The lowest BCUT2D eigenvalue weighted by atomic mass is 10.0. The first kappa shape index (κ1) is 16.3. The van der Waals surface area contributed by atoms with Crippen molar-refractivity contribution in [1.29, 1.82) is 0 Å². The second kappa shape index (κ2) is 7.12. The number of hydrogen-bond donors (Lipinski definition) is 2. The molecule has 0 radical (unpaired) electrons. The minimum Gasteiger partial charge on any atom is -0.480 e. The number of amides is 3. The van der Waals surface area contributed by atoms with Crippen molar-refractivity contribution in [2.45, 2.75) is 32.2 Å². The van der Waals surface area contributed by atoms with E-state index in [9.17, 15) is 19.5 Å². The molecule has 7 nitrogen and oxygen atoms in total. The van der Waals surface area contributed by atoms with Gasteiger partial charge in [0.1, 0.15) is 6.04 Å². The number of rotatable bonds is 4. The predicted octanol–water partition coefficient (Wildman–Crippen LogP) is 0.359. The van der Waals surface area contributed by atoms with Crippen LogP contribution in [0.2, 0.25) is 0 Å². The summed E-state index contributed by atoms with van der Waals surface area (Å²) in [4.78, 5) is 37.8. The standard InChI is InChI=1S/C13H23N3O4/c1-9(11(17)14-2)8-15(3)13(20)16-7-5-4-6-10(16)12(18)19/h9-10H,4-8H2,1-3H3,(H,14,17)(H,18,19). The average molecular weight is 285 g/mol. The normalized spacial score (nSPS) is 20.1. The second-order valence-corrected chi connectivity index (χ2v) is 5.22. The number of carbonyl (C=O) groups excluding carboxylic acids is 2. The first-order chi connectivity index (χ1) is 9.38. The summed E-state index contributed by atoms with van der Waals surface area (Å²) in [7, 11) is 3.14. The van der Waals surface area contributed by atoms with E-state index in [1.165, 1.54) is 9.80 Å². The summed E-state index contributed by atoms with van der Waals surface area (Å²) in [5.74, 6) is -1.44. The molecule has 2 atom stereocenters. The molecule has 20 heavy (non-hydrogen) atoms. The Labute approximate surface area is 118 Å². The fourth-order valence-corrected chi connectivity index (χ4v) is 2.45. The van der Waals surface area contributed by atoms with Crippen LogP contribution < -0.4 is 5.32 Å². The largest absolute Gasteiger partial charge is 0.480 e. The Morgan fingerprint density at radius 3 is 2.60 bits per heavy atom. The molecular weight excluding hydrogens is 262 g/mol. The highest BCUT2D eigenvalue weighted by Gasteiger charge is 2.33. The molecule has 7 heteroatoms. The summed E-state index contributed by atoms with van der Waals surface area (Å²) in [5.41, 5.74) is 0. The van der Waals surface area contributed by atoms with Gasteiger partial charge in [0.2, 0.25) is 5.91 Å². The first-order valence-electron chi connectivity index (χ1n) is 6.84. The van der Waals surface area contributed by atoms with E-state index in [1.54, 1.807) is 21.0 Å². The third kappa shape index (κ3) is 3.85. The van der Waals surface area contributed by atoms with E-state index in [2.05, 4.69) is 5.32 Å². The molecule has 0 aromatic carbocycles. The zero-order valence-electron chi connectivity index (χ0n) is 12.3. The number of carboxylic acids is 1. The lowest BCUT2D eigenvalue weighted by molar-refractivity contribution is -0.143. The number of carboxylic acid groups (broad SMARTS) is 1. The molecule has 2 unspecified atom stereocenters. The molecule has 0 bridgehead atoms. The number of aliphatic carboxylic acids is 1. The molecule has 1 saturated heterocycles. The minimum atomic E-state index is -0.967. The molecule has 0 spiro atoms. The lowest BCUT2D eigenvalue weighted by Gasteiger charge is -2.36. The molecule has 3 amide bonds. The van der Waals surface area contributed by atoms with Gasteiger partial charge in [-0.25, -0.2) is 9.59 Å². The van der Waals surface area contributed by atoms with Crippen LogP contribution in [0.3, 0.4) is 0 Å². The van der Waals surface area contributed by atoms with Crippen molar-refractivity contribution >= 4 is 17.9 Å². The number of piperidine rings is 1. The Morgan fingerprint density at radius 1 is 1.40 bits per heavy atom. The minimum absolute atomic E-state index is 0.141. The third-order valence-corrected chi connectivity index (χ3v) is 3.60. The topological polar surface area (TPSA) is 90.0 Å². The molecule has 1 heterocycles. The zero-order valence-corrected chi connectivity index (χ0v) is 12.3. The van der Waals surface area contributed by atoms with Crippen LogP contribution in [0.25, 0.3) is 0 Å². The molecule has 0 aromatic rings. The zero-order chi connectivity index (χ0) is 15.3. The number of nitrogens with zero attached hydrogens (tertiary/aromatic N) is 2. The van der Waals surface area contributed by atoms with Gasteiger partial charge in [-0.05, 0) is 19.3 Å². The maximum Gasteiger partial charge on any atom is 0.326 e. The van der Waals surface area contributed by atoms with Crippen LogP contribution in [0.1, 0.15) is 26.2 Å². The monoisotopic (exact) mass is 285 g/mol. The van der Waals surface area contributed by atoms with Crippen LogP contribution in [0, 0.1) is 5.92 Å². The number of carbonyl (C=O) groups is 3. The van der Waals surface area contributed by atoms with E-state index in [1.807, 2.05) is 0 Å². The molecule has 1 fully saturated rings. The molecular formula is C13H23N3O4. The molecule has 1 aliphatic heterocycles. The van der Waals surface area contributed by atoms with Crippen LogP contribution in [0.15, 0.2) is 0 Å². The molecule has 2 N–H and O–H groups in total. The van der Waals surface area contributed by atoms with Crippen molar-refractivity contribution in [2.24, 2.45) is 5.92 Å². The van der Waals surface area contributed by atoms with Gasteiger partial charge < -0.3 is 20.2 Å². The van der Waals surface area contributed by atoms with E-state index < -0.39 is 12.0 Å². The van der Waals surface area contributed by atoms with E-state index >= 15 is 0 Å². The Balaban J connectivity index is 2.67. The average Bonchev–Trinajstić information content (AvgIpc) is 2.45. The molecule has 0 saturated carbocycles. The van der Waals surface area contributed by atoms with Crippen LogP contribution >= 0.6 is 0 Å². The van der Waals surface area contributed by atoms with Gasteiger partial charge in [-0.15, -0.1) is 0 Å². The summed E-state index contributed by atoms with van der Waals surface area (Å²) in [6, 6.07) is -1.08. The molecule has 114 valence electrons. The predicted molar refractivity (Wildman–Crippen MR) is 73.2 cm³/mol. The maximum absolute atomic E-state index is 12.3. The quantitative estimate of drug-likeness (QED) is 0.780. The van der Waals surface area contributed by atoms with Crippen molar-refractivity contribution in [3.63, 3.8) is 0 Å². The Hall–Kier alpha value is -1.79. The van der Waals surface area contributed by atoms with Crippen LogP contribution in [-0.4, -0.2) is 66.0 Å². The number of urea groups is 1. The van der Waals surface area contributed by atoms with Gasteiger partial charge in [-0.3, -0.25) is 4.79 Å². The van der Waals surface area contributed by atoms with E-state index in [4.69, 9.17) is 0 Å². The first-order valence-corrected chi connectivity index (χ1v) is 6.84. The summed E-state index contributed by atoms with van der Waals surface area (Å²) in [6.07, 6.45) is 2.12. The number of nitrogens with one attached hydrogen (secondary N) is 1. The van der Waals surface area contributed by atoms with E-state index in [0.717, 1.165) is 12.8 Å². The SMILES string of the molecule is CNC(=O)C(C)CN(C)C(=O)N1CCCCC1C(=O)O. The van der Waals surface area contributed by atoms with Crippen molar-refractivity contribution < 1.29 is 19.5 Å². The Morgan fingerprint density at radius 2 is 2.05 bits per heavy atom. The van der Waals surface area contributed by atoms with Crippen LogP contribution in [0.4, 0.5) is 4.79 Å². The van der Waals surface area contributed by atoms with Crippen LogP contribution in [0.5, 0.6) is 0 Å². The van der Waals surface area contributed by atoms with Gasteiger partial charge in [0.15, 0.2) is 0 Å².